The smallest absolute Gasteiger partial charge is 0.261 e. The van der Waals surface area contributed by atoms with Gasteiger partial charge in [0.2, 0.25) is 10.0 Å². The van der Waals surface area contributed by atoms with Crippen molar-refractivity contribution in [2.45, 2.75) is 31.3 Å². The van der Waals surface area contributed by atoms with E-state index >= 15 is 0 Å². The molecule has 1 heterocycles. The molecule has 0 saturated heterocycles. The van der Waals surface area contributed by atoms with Crippen LogP contribution < -0.4 is 5.56 Å². The highest BCUT2D eigenvalue weighted by atomic mass is 35.5. The highest BCUT2D eigenvalue weighted by Gasteiger charge is 2.29. The number of fused-ring (bicyclic) bond motifs is 1. The van der Waals surface area contributed by atoms with E-state index in [-0.39, 0.29) is 10.5 Å². The van der Waals surface area contributed by atoms with Crippen molar-refractivity contribution in [3.63, 3.8) is 0 Å². The average molecular weight is 406 g/mol. The second-order valence-corrected chi connectivity index (χ2v) is 8.63. The van der Waals surface area contributed by atoms with Gasteiger partial charge in [0.05, 0.1) is 21.8 Å². The van der Waals surface area contributed by atoms with Gasteiger partial charge in [0.15, 0.2) is 0 Å². The molecule has 0 aliphatic carbocycles. The number of rotatable bonds is 5. The zero-order chi connectivity index (χ0) is 19.8. The predicted molar refractivity (Wildman–Crippen MR) is 106 cm³/mol. The van der Waals surface area contributed by atoms with E-state index in [2.05, 4.69) is 4.98 Å². The van der Waals surface area contributed by atoms with Gasteiger partial charge in [0.1, 0.15) is 5.82 Å². The third kappa shape index (κ3) is 3.50. The molecule has 0 N–H and O–H groups in total. The van der Waals surface area contributed by atoms with Crippen LogP contribution in [0.2, 0.25) is 5.02 Å². The number of aromatic nitrogens is 2. The van der Waals surface area contributed by atoms with E-state index in [1.807, 2.05) is 6.92 Å². The Balaban J connectivity index is 2.15. The van der Waals surface area contributed by atoms with E-state index in [1.165, 1.54) is 15.9 Å². The van der Waals surface area contributed by atoms with Crippen LogP contribution in [0.25, 0.3) is 10.9 Å². The molecule has 0 radical (unpaired) electrons. The molecule has 0 aliphatic heterocycles. The largest absolute Gasteiger partial charge is 0.295 e. The summed E-state index contributed by atoms with van der Waals surface area (Å²) in [6.45, 7) is 3.92. The minimum absolute atomic E-state index is 0.188. The summed E-state index contributed by atoms with van der Waals surface area (Å²) in [7, 11) is -2.25. The van der Waals surface area contributed by atoms with Crippen molar-refractivity contribution >= 4 is 32.5 Å². The van der Waals surface area contributed by atoms with E-state index in [4.69, 9.17) is 11.6 Å². The van der Waals surface area contributed by atoms with Crippen LogP contribution in [-0.2, 0) is 16.6 Å². The Bertz CT molecular complexity index is 1140. The molecule has 8 heteroatoms. The molecular weight excluding hydrogens is 386 g/mol. The zero-order valence-electron chi connectivity index (χ0n) is 15.3. The summed E-state index contributed by atoms with van der Waals surface area (Å²) >= 11 is 6.04. The first-order valence-corrected chi connectivity index (χ1v) is 10.3. The molecule has 27 heavy (non-hydrogen) atoms. The molecule has 2 aromatic carbocycles. The summed E-state index contributed by atoms with van der Waals surface area (Å²) in [5, 5.41) is 0.915. The van der Waals surface area contributed by atoms with Crippen molar-refractivity contribution in [2.75, 3.05) is 7.05 Å². The average Bonchev–Trinajstić information content (AvgIpc) is 2.67. The van der Waals surface area contributed by atoms with Crippen molar-refractivity contribution in [3.05, 3.63) is 69.7 Å². The maximum atomic E-state index is 12.9. The zero-order valence-corrected chi connectivity index (χ0v) is 16.8. The van der Waals surface area contributed by atoms with Gasteiger partial charge in [-0.05, 0) is 44.2 Å². The summed E-state index contributed by atoms with van der Waals surface area (Å²) < 4.78 is 28.6. The van der Waals surface area contributed by atoms with E-state index in [9.17, 15) is 13.2 Å². The normalized spacial score (nSPS) is 13.2. The van der Waals surface area contributed by atoms with Gasteiger partial charge in [-0.2, -0.15) is 4.31 Å². The van der Waals surface area contributed by atoms with Crippen LogP contribution in [-0.4, -0.2) is 29.3 Å². The number of sulfonamides is 1. The SMILES string of the molecule is CCn1c([C@@H](C)N(C)S(=O)(=O)c2ccccc2)nc2cc(Cl)ccc2c1=O. The van der Waals surface area contributed by atoms with Gasteiger partial charge in [-0.1, -0.05) is 29.8 Å². The van der Waals surface area contributed by atoms with Crippen molar-refractivity contribution in [2.24, 2.45) is 0 Å². The van der Waals surface area contributed by atoms with Gasteiger partial charge in [-0.3, -0.25) is 9.36 Å². The topological polar surface area (TPSA) is 72.3 Å². The predicted octanol–water partition coefficient (Wildman–Crippen LogP) is 3.45. The van der Waals surface area contributed by atoms with Gasteiger partial charge in [-0.25, -0.2) is 13.4 Å². The highest BCUT2D eigenvalue weighted by Crippen LogP contribution is 2.25. The molecule has 0 unspecified atom stereocenters. The Morgan fingerprint density at radius 3 is 2.48 bits per heavy atom. The lowest BCUT2D eigenvalue weighted by atomic mass is 10.2. The lowest BCUT2D eigenvalue weighted by molar-refractivity contribution is 0.370. The van der Waals surface area contributed by atoms with Crippen molar-refractivity contribution in [3.8, 4) is 0 Å². The third-order valence-electron chi connectivity index (χ3n) is 4.60. The van der Waals surface area contributed by atoms with Crippen LogP contribution in [0.3, 0.4) is 0 Å². The first kappa shape index (κ1) is 19.5. The molecule has 1 atom stereocenters. The second-order valence-electron chi connectivity index (χ2n) is 6.19. The van der Waals surface area contributed by atoms with Gasteiger partial charge in [-0.15, -0.1) is 0 Å². The first-order chi connectivity index (χ1) is 12.8. The fourth-order valence-electron chi connectivity index (χ4n) is 2.97. The van der Waals surface area contributed by atoms with Crippen LogP contribution in [0.1, 0.15) is 25.7 Å². The Kier molecular flexibility index (Phi) is 5.37. The van der Waals surface area contributed by atoms with Crippen LogP contribution in [0.15, 0.2) is 58.2 Å². The molecule has 0 spiro atoms. The van der Waals surface area contributed by atoms with Gasteiger partial charge < -0.3 is 0 Å². The van der Waals surface area contributed by atoms with Crippen LogP contribution in [0.4, 0.5) is 0 Å². The minimum atomic E-state index is -3.73. The molecule has 3 aromatic rings. The highest BCUT2D eigenvalue weighted by molar-refractivity contribution is 7.89. The first-order valence-electron chi connectivity index (χ1n) is 8.50. The Hall–Kier alpha value is -2.22. The standard InChI is InChI=1S/C19H20ClN3O3S/c1-4-23-18(21-17-12-14(20)10-11-16(17)19(23)24)13(2)22(3)27(25,26)15-8-6-5-7-9-15/h5-13H,4H2,1-3H3/t13-/m1/s1. The van der Waals surface area contributed by atoms with E-state index in [0.29, 0.717) is 28.3 Å². The Labute approximate surface area is 163 Å². The molecule has 0 fully saturated rings. The van der Waals surface area contributed by atoms with Crippen molar-refractivity contribution in [1.29, 1.82) is 0 Å². The lowest BCUT2D eigenvalue weighted by Crippen LogP contribution is -2.35. The fourth-order valence-corrected chi connectivity index (χ4v) is 4.48. The van der Waals surface area contributed by atoms with Crippen LogP contribution >= 0.6 is 11.6 Å². The summed E-state index contributed by atoms with van der Waals surface area (Å²) in [5.41, 5.74) is 0.232. The quantitative estimate of drug-likeness (QED) is 0.651. The van der Waals surface area contributed by atoms with Gasteiger partial charge in [0, 0.05) is 18.6 Å². The summed E-state index contributed by atoms with van der Waals surface area (Å²) in [6.07, 6.45) is 0. The van der Waals surface area contributed by atoms with E-state index in [0.717, 1.165) is 0 Å². The van der Waals surface area contributed by atoms with Crippen molar-refractivity contribution in [1.82, 2.24) is 13.9 Å². The molecule has 0 amide bonds. The number of benzene rings is 2. The molecule has 6 nitrogen and oxygen atoms in total. The molecule has 3 rings (SSSR count). The number of hydrogen-bond donors (Lipinski definition) is 0. The van der Waals surface area contributed by atoms with E-state index < -0.39 is 16.1 Å². The maximum absolute atomic E-state index is 12.9. The third-order valence-corrected chi connectivity index (χ3v) is 6.78. The Morgan fingerprint density at radius 1 is 1.19 bits per heavy atom. The summed E-state index contributed by atoms with van der Waals surface area (Å²) in [5.74, 6) is 0.374. The number of hydrogen-bond acceptors (Lipinski definition) is 4. The summed E-state index contributed by atoms with van der Waals surface area (Å²) in [4.78, 5) is 17.6. The van der Waals surface area contributed by atoms with Gasteiger partial charge in [0.25, 0.3) is 5.56 Å². The summed E-state index contributed by atoms with van der Waals surface area (Å²) in [6, 6.07) is 12.4. The molecule has 0 saturated carbocycles. The van der Waals surface area contributed by atoms with E-state index in [1.54, 1.807) is 55.5 Å². The van der Waals surface area contributed by atoms with Gasteiger partial charge >= 0.3 is 0 Å². The lowest BCUT2D eigenvalue weighted by Gasteiger charge is -2.26. The molecule has 142 valence electrons. The minimum Gasteiger partial charge on any atom is -0.295 e. The molecule has 0 bridgehead atoms. The molecular formula is C19H20ClN3O3S. The maximum Gasteiger partial charge on any atom is 0.261 e. The monoisotopic (exact) mass is 405 g/mol. The van der Waals surface area contributed by atoms with Crippen LogP contribution in [0, 0.1) is 0 Å². The number of halogens is 1. The molecule has 0 aliphatic rings. The number of nitrogens with zero attached hydrogens (tertiary/aromatic N) is 3. The van der Waals surface area contributed by atoms with Crippen molar-refractivity contribution < 1.29 is 8.42 Å². The molecule has 1 aromatic heterocycles. The second kappa shape index (κ2) is 7.42. The fraction of sp³-hybridized carbons (Fsp3) is 0.263. The van der Waals surface area contributed by atoms with Crippen LogP contribution in [0.5, 0.6) is 0 Å². The Morgan fingerprint density at radius 2 is 1.85 bits per heavy atom.